The molecule has 0 fully saturated rings. The van der Waals surface area contributed by atoms with Gasteiger partial charge in [-0.3, -0.25) is 0 Å². The van der Waals surface area contributed by atoms with Crippen molar-refractivity contribution in [2.75, 3.05) is 18.2 Å². The SMILES string of the molecule is COc1cc(Nc2nc(C)ccc2N)ccc1Cl. The van der Waals surface area contributed by atoms with Crippen molar-refractivity contribution in [2.45, 2.75) is 6.92 Å². The first-order chi connectivity index (χ1) is 8.60. The number of hydrogen-bond acceptors (Lipinski definition) is 4. The van der Waals surface area contributed by atoms with Crippen LogP contribution in [0.25, 0.3) is 0 Å². The van der Waals surface area contributed by atoms with Gasteiger partial charge in [0.15, 0.2) is 5.82 Å². The van der Waals surface area contributed by atoms with Crippen LogP contribution in [0.3, 0.4) is 0 Å². The Labute approximate surface area is 111 Å². The van der Waals surface area contributed by atoms with Gasteiger partial charge < -0.3 is 15.8 Å². The first kappa shape index (κ1) is 12.5. The van der Waals surface area contributed by atoms with E-state index in [2.05, 4.69) is 10.3 Å². The Balaban J connectivity index is 2.31. The number of rotatable bonds is 3. The van der Waals surface area contributed by atoms with Gasteiger partial charge in [-0.1, -0.05) is 11.6 Å². The number of aromatic nitrogens is 1. The second kappa shape index (κ2) is 5.14. The van der Waals surface area contributed by atoms with Crippen LogP contribution in [0.4, 0.5) is 17.2 Å². The molecule has 1 aromatic carbocycles. The minimum absolute atomic E-state index is 0.563. The van der Waals surface area contributed by atoms with Crippen LogP contribution < -0.4 is 15.8 Å². The number of benzene rings is 1. The van der Waals surface area contributed by atoms with Gasteiger partial charge in [-0.25, -0.2) is 4.98 Å². The van der Waals surface area contributed by atoms with Gasteiger partial charge in [-0.05, 0) is 31.2 Å². The zero-order valence-electron chi connectivity index (χ0n) is 10.2. The number of hydrogen-bond donors (Lipinski definition) is 2. The van der Waals surface area contributed by atoms with Gasteiger partial charge in [0, 0.05) is 17.4 Å². The topological polar surface area (TPSA) is 60.2 Å². The predicted octanol–water partition coefficient (Wildman–Crippen LogP) is 3.38. The summed E-state index contributed by atoms with van der Waals surface area (Å²) in [6.07, 6.45) is 0. The van der Waals surface area contributed by atoms with Crippen molar-refractivity contribution < 1.29 is 4.74 Å². The highest BCUT2D eigenvalue weighted by Crippen LogP contribution is 2.29. The van der Waals surface area contributed by atoms with Crippen LogP contribution in [-0.2, 0) is 0 Å². The number of pyridine rings is 1. The lowest BCUT2D eigenvalue weighted by Crippen LogP contribution is -2.00. The molecule has 0 amide bonds. The molecule has 3 N–H and O–H groups in total. The second-order valence-electron chi connectivity index (χ2n) is 3.86. The van der Waals surface area contributed by atoms with Gasteiger partial charge in [-0.2, -0.15) is 0 Å². The summed E-state index contributed by atoms with van der Waals surface area (Å²) in [6, 6.07) is 9.08. The number of aryl methyl sites for hydroxylation is 1. The third-order valence-corrected chi connectivity index (χ3v) is 2.79. The smallest absolute Gasteiger partial charge is 0.153 e. The molecule has 0 saturated heterocycles. The molecule has 5 heteroatoms. The van der Waals surface area contributed by atoms with Crippen LogP contribution >= 0.6 is 11.6 Å². The molecule has 1 heterocycles. The Morgan fingerprint density at radius 1 is 1.28 bits per heavy atom. The Kier molecular flexibility index (Phi) is 3.58. The molecule has 0 atom stereocenters. The normalized spacial score (nSPS) is 10.2. The van der Waals surface area contributed by atoms with E-state index >= 15 is 0 Å². The van der Waals surface area contributed by atoms with Crippen molar-refractivity contribution in [3.05, 3.63) is 41.0 Å². The van der Waals surface area contributed by atoms with E-state index in [0.29, 0.717) is 22.3 Å². The van der Waals surface area contributed by atoms with Crippen LogP contribution in [0.5, 0.6) is 5.75 Å². The zero-order chi connectivity index (χ0) is 13.1. The first-order valence-corrected chi connectivity index (χ1v) is 5.81. The van der Waals surface area contributed by atoms with Crippen molar-refractivity contribution in [1.82, 2.24) is 4.98 Å². The average molecular weight is 264 g/mol. The van der Waals surface area contributed by atoms with E-state index in [0.717, 1.165) is 11.4 Å². The molecule has 2 rings (SSSR count). The molecule has 2 aromatic rings. The third-order valence-electron chi connectivity index (χ3n) is 2.48. The predicted molar refractivity (Wildman–Crippen MR) is 74.7 cm³/mol. The zero-order valence-corrected chi connectivity index (χ0v) is 11.0. The van der Waals surface area contributed by atoms with Crippen molar-refractivity contribution in [3.63, 3.8) is 0 Å². The monoisotopic (exact) mass is 263 g/mol. The molecule has 0 radical (unpaired) electrons. The van der Waals surface area contributed by atoms with Gasteiger partial charge >= 0.3 is 0 Å². The second-order valence-corrected chi connectivity index (χ2v) is 4.27. The number of nitrogens with one attached hydrogen (secondary N) is 1. The summed E-state index contributed by atoms with van der Waals surface area (Å²) < 4.78 is 5.15. The number of nitrogens with zero attached hydrogens (tertiary/aromatic N) is 1. The summed E-state index contributed by atoms with van der Waals surface area (Å²) >= 11 is 5.96. The molecule has 94 valence electrons. The summed E-state index contributed by atoms with van der Waals surface area (Å²) in [4.78, 5) is 4.34. The van der Waals surface area contributed by atoms with Gasteiger partial charge in [0.25, 0.3) is 0 Å². The quantitative estimate of drug-likeness (QED) is 0.891. The van der Waals surface area contributed by atoms with Crippen LogP contribution in [0.15, 0.2) is 30.3 Å². The molecule has 0 saturated carbocycles. The first-order valence-electron chi connectivity index (χ1n) is 5.44. The number of methoxy groups -OCH3 is 1. The number of nitrogens with two attached hydrogens (primary N) is 1. The highest BCUT2D eigenvalue weighted by Gasteiger charge is 2.05. The van der Waals surface area contributed by atoms with E-state index in [1.807, 2.05) is 25.1 Å². The summed E-state index contributed by atoms with van der Waals surface area (Å²) in [5, 5.41) is 3.70. The van der Waals surface area contributed by atoms with Gasteiger partial charge in [-0.15, -0.1) is 0 Å². The minimum atomic E-state index is 0.563. The lowest BCUT2D eigenvalue weighted by molar-refractivity contribution is 0.415. The summed E-state index contributed by atoms with van der Waals surface area (Å²) in [5.74, 6) is 1.23. The standard InChI is InChI=1S/C13H14ClN3O/c1-8-3-6-11(15)13(16-8)17-9-4-5-10(14)12(7-9)18-2/h3-7H,15H2,1-2H3,(H,16,17). The summed E-state index contributed by atoms with van der Waals surface area (Å²) in [6.45, 7) is 1.91. The van der Waals surface area contributed by atoms with Gasteiger partial charge in [0.2, 0.25) is 0 Å². The lowest BCUT2D eigenvalue weighted by Gasteiger charge is -2.11. The Hall–Kier alpha value is -1.94. The fourth-order valence-electron chi connectivity index (χ4n) is 1.54. The Morgan fingerprint density at radius 2 is 2.06 bits per heavy atom. The van der Waals surface area contributed by atoms with Crippen LogP contribution in [0, 0.1) is 6.92 Å². The molecule has 0 aliphatic carbocycles. The van der Waals surface area contributed by atoms with Gasteiger partial charge in [0.1, 0.15) is 5.75 Å². The van der Waals surface area contributed by atoms with E-state index < -0.39 is 0 Å². The lowest BCUT2D eigenvalue weighted by atomic mass is 10.2. The molecule has 0 spiro atoms. The highest BCUT2D eigenvalue weighted by molar-refractivity contribution is 6.32. The maximum atomic E-state index is 5.96. The summed E-state index contributed by atoms with van der Waals surface area (Å²) in [5.41, 5.74) is 8.16. The molecular formula is C13H14ClN3O. The number of ether oxygens (including phenoxy) is 1. The molecule has 4 nitrogen and oxygen atoms in total. The van der Waals surface area contributed by atoms with E-state index in [-0.39, 0.29) is 0 Å². The van der Waals surface area contributed by atoms with E-state index in [1.165, 1.54) is 0 Å². The van der Waals surface area contributed by atoms with E-state index in [1.54, 1.807) is 19.2 Å². The highest BCUT2D eigenvalue weighted by atomic mass is 35.5. The van der Waals surface area contributed by atoms with Crippen molar-refractivity contribution in [1.29, 1.82) is 0 Å². The largest absolute Gasteiger partial charge is 0.495 e. The fraction of sp³-hybridized carbons (Fsp3) is 0.154. The summed E-state index contributed by atoms with van der Waals surface area (Å²) in [7, 11) is 1.57. The van der Waals surface area contributed by atoms with Crippen LogP contribution in [-0.4, -0.2) is 12.1 Å². The number of nitrogen functional groups attached to an aromatic ring is 1. The van der Waals surface area contributed by atoms with Crippen LogP contribution in [0.1, 0.15) is 5.69 Å². The molecule has 0 aliphatic heterocycles. The van der Waals surface area contributed by atoms with Crippen molar-refractivity contribution >= 4 is 28.8 Å². The Morgan fingerprint density at radius 3 is 2.78 bits per heavy atom. The molecule has 1 aromatic heterocycles. The van der Waals surface area contributed by atoms with Crippen molar-refractivity contribution in [2.24, 2.45) is 0 Å². The molecule has 18 heavy (non-hydrogen) atoms. The molecule has 0 bridgehead atoms. The molecule has 0 aliphatic rings. The average Bonchev–Trinajstić information content (AvgIpc) is 2.36. The number of anilines is 3. The minimum Gasteiger partial charge on any atom is -0.495 e. The van der Waals surface area contributed by atoms with E-state index in [4.69, 9.17) is 22.1 Å². The fourth-order valence-corrected chi connectivity index (χ4v) is 1.74. The number of halogens is 1. The Bertz CT molecular complexity index is 572. The maximum absolute atomic E-state index is 5.96. The van der Waals surface area contributed by atoms with E-state index in [9.17, 15) is 0 Å². The van der Waals surface area contributed by atoms with Crippen molar-refractivity contribution in [3.8, 4) is 5.75 Å². The molecule has 0 unspecified atom stereocenters. The molecular weight excluding hydrogens is 250 g/mol. The maximum Gasteiger partial charge on any atom is 0.153 e. The van der Waals surface area contributed by atoms with Crippen LogP contribution in [0.2, 0.25) is 5.02 Å². The third kappa shape index (κ3) is 2.65. The van der Waals surface area contributed by atoms with Gasteiger partial charge in [0.05, 0.1) is 17.8 Å².